The summed E-state index contributed by atoms with van der Waals surface area (Å²) in [5.74, 6) is -1.98. The molecule has 138 valence electrons. The lowest BCUT2D eigenvalue weighted by Crippen LogP contribution is -2.48. The van der Waals surface area contributed by atoms with Gasteiger partial charge in [-0.1, -0.05) is 19.9 Å². The van der Waals surface area contributed by atoms with Crippen molar-refractivity contribution in [3.63, 3.8) is 0 Å². The summed E-state index contributed by atoms with van der Waals surface area (Å²) in [5.41, 5.74) is 0.915. The average molecular weight is 370 g/mol. The van der Waals surface area contributed by atoms with E-state index in [4.69, 9.17) is 0 Å². The Morgan fingerprint density at radius 2 is 2.04 bits per heavy atom. The molecule has 1 unspecified atom stereocenters. The first-order valence-corrected chi connectivity index (χ1v) is 9.86. The van der Waals surface area contributed by atoms with Crippen molar-refractivity contribution < 1.29 is 22.4 Å². The Balaban J connectivity index is 2.09. The fourth-order valence-electron chi connectivity index (χ4n) is 2.92. The molecule has 0 saturated carbocycles. The molecule has 6 nitrogen and oxygen atoms in total. The predicted molar refractivity (Wildman–Crippen MR) is 91.5 cm³/mol. The van der Waals surface area contributed by atoms with Crippen LogP contribution in [0.5, 0.6) is 0 Å². The highest BCUT2D eigenvalue weighted by molar-refractivity contribution is 7.89. The van der Waals surface area contributed by atoms with Gasteiger partial charge < -0.3 is 4.90 Å². The zero-order valence-electron chi connectivity index (χ0n) is 14.6. The Kier molecular flexibility index (Phi) is 5.82. The van der Waals surface area contributed by atoms with Crippen molar-refractivity contribution in [2.75, 3.05) is 6.54 Å². The summed E-state index contributed by atoms with van der Waals surface area (Å²) in [5, 5.41) is 0. The Hall–Kier alpha value is -1.96. The first-order chi connectivity index (χ1) is 11.6. The van der Waals surface area contributed by atoms with Crippen molar-refractivity contribution in [2.45, 2.75) is 45.4 Å². The van der Waals surface area contributed by atoms with E-state index in [2.05, 4.69) is 4.72 Å². The van der Waals surface area contributed by atoms with Crippen LogP contribution in [0.2, 0.25) is 0 Å². The van der Waals surface area contributed by atoms with Crippen LogP contribution in [0.15, 0.2) is 18.2 Å². The molecule has 1 saturated heterocycles. The molecule has 1 aliphatic heterocycles. The molecule has 1 N–H and O–H groups in total. The minimum atomic E-state index is -3.94. The third-order valence-electron chi connectivity index (χ3n) is 4.24. The zero-order valence-corrected chi connectivity index (χ0v) is 15.4. The van der Waals surface area contributed by atoms with Crippen molar-refractivity contribution >= 4 is 21.8 Å². The largest absolute Gasteiger partial charge is 0.330 e. The third-order valence-corrected chi connectivity index (χ3v) is 5.44. The second-order valence-electron chi connectivity index (χ2n) is 6.64. The topological polar surface area (TPSA) is 83.6 Å². The molecule has 0 bridgehead atoms. The highest BCUT2D eigenvalue weighted by Crippen LogP contribution is 2.20. The molecule has 2 amide bonds. The predicted octanol–water partition coefficient (Wildman–Crippen LogP) is 1.73. The highest BCUT2D eigenvalue weighted by Gasteiger charge is 2.36. The smallest absolute Gasteiger partial charge is 0.256 e. The average Bonchev–Trinajstić information content (AvgIpc) is 2.98. The van der Waals surface area contributed by atoms with E-state index in [1.807, 2.05) is 0 Å². The van der Waals surface area contributed by atoms with Crippen molar-refractivity contribution in [2.24, 2.45) is 5.92 Å². The van der Waals surface area contributed by atoms with E-state index in [-0.39, 0.29) is 11.8 Å². The second-order valence-corrected chi connectivity index (χ2v) is 8.36. The summed E-state index contributed by atoms with van der Waals surface area (Å²) < 4.78 is 39.8. The molecule has 0 aromatic heterocycles. The standard InChI is InChI=1S/C17H23FN2O4S/c1-11(2)17(22)20-8-4-5-15(20)16(21)19-25(23,24)10-13-6-7-14(18)9-12(13)3/h6-7,9,11,15H,4-5,8,10H2,1-3H3,(H,19,21). The van der Waals surface area contributed by atoms with Crippen LogP contribution < -0.4 is 4.72 Å². The number of amides is 2. The fraction of sp³-hybridized carbons (Fsp3) is 0.529. The number of nitrogens with zero attached hydrogens (tertiary/aromatic N) is 1. The number of benzene rings is 1. The van der Waals surface area contributed by atoms with Gasteiger partial charge in [-0.3, -0.25) is 14.3 Å². The van der Waals surface area contributed by atoms with E-state index < -0.39 is 33.5 Å². The molecular formula is C17H23FN2O4S. The number of carbonyl (C=O) groups excluding carboxylic acids is 2. The molecule has 1 atom stereocenters. The quantitative estimate of drug-likeness (QED) is 0.856. The van der Waals surface area contributed by atoms with Crippen LogP contribution in [0.3, 0.4) is 0 Å². The summed E-state index contributed by atoms with van der Waals surface area (Å²) in [6, 6.07) is 3.05. The summed E-state index contributed by atoms with van der Waals surface area (Å²) in [4.78, 5) is 26.0. The Bertz CT molecular complexity index is 777. The van der Waals surface area contributed by atoms with E-state index in [1.165, 1.54) is 23.1 Å². The van der Waals surface area contributed by atoms with Crippen LogP contribution in [0.25, 0.3) is 0 Å². The van der Waals surface area contributed by atoms with Gasteiger partial charge in [-0.25, -0.2) is 12.8 Å². The van der Waals surface area contributed by atoms with Gasteiger partial charge in [0, 0.05) is 12.5 Å². The molecule has 0 spiro atoms. The van der Waals surface area contributed by atoms with Gasteiger partial charge in [0.2, 0.25) is 15.9 Å². The SMILES string of the molecule is Cc1cc(F)ccc1CS(=O)(=O)NC(=O)C1CCCN1C(=O)C(C)C. The number of aryl methyl sites for hydroxylation is 1. The number of carbonyl (C=O) groups is 2. The Morgan fingerprint density at radius 1 is 1.36 bits per heavy atom. The van der Waals surface area contributed by atoms with Crippen molar-refractivity contribution in [3.8, 4) is 0 Å². The second kappa shape index (κ2) is 7.51. The van der Waals surface area contributed by atoms with Crippen molar-refractivity contribution in [1.82, 2.24) is 9.62 Å². The summed E-state index contributed by atoms with van der Waals surface area (Å²) in [7, 11) is -3.94. The highest BCUT2D eigenvalue weighted by atomic mass is 32.2. The van der Waals surface area contributed by atoms with E-state index in [0.29, 0.717) is 30.5 Å². The van der Waals surface area contributed by atoms with Crippen LogP contribution in [0.1, 0.15) is 37.8 Å². The monoisotopic (exact) mass is 370 g/mol. The lowest BCUT2D eigenvalue weighted by Gasteiger charge is -2.25. The van der Waals surface area contributed by atoms with Crippen LogP contribution in [0.4, 0.5) is 4.39 Å². The molecular weight excluding hydrogens is 347 g/mol. The number of rotatable bonds is 5. The first-order valence-electron chi connectivity index (χ1n) is 8.20. The van der Waals surface area contributed by atoms with Gasteiger partial charge >= 0.3 is 0 Å². The minimum Gasteiger partial charge on any atom is -0.330 e. The number of hydrogen-bond donors (Lipinski definition) is 1. The molecule has 0 radical (unpaired) electrons. The number of nitrogens with one attached hydrogen (secondary N) is 1. The van der Waals surface area contributed by atoms with Crippen molar-refractivity contribution in [3.05, 3.63) is 35.1 Å². The van der Waals surface area contributed by atoms with Gasteiger partial charge in [0.25, 0.3) is 5.91 Å². The fourth-order valence-corrected chi connectivity index (χ4v) is 4.17. The molecule has 1 aromatic rings. The number of sulfonamides is 1. The lowest BCUT2D eigenvalue weighted by atomic mass is 10.1. The number of likely N-dealkylation sites (tertiary alicyclic amines) is 1. The molecule has 1 aliphatic rings. The molecule has 8 heteroatoms. The number of hydrogen-bond acceptors (Lipinski definition) is 4. The molecule has 1 heterocycles. The van der Waals surface area contributed by atoms with Gasteiger partial charge in [-0.15, -0.1) is 0 Å². The maximum absolute atomic E-state index is 13.1. The zero-order chi connectivity index (χ0) is 18.8. The molecule has 1 fully saturated rings. The third kappa shape index (κ3) is 4.78. The summed E-state index contributed by atoms with van der Waals surface area (Å²) >= 11 is 0. The molecule has 2 rings (SSSR count). The van der Waals surface area contributed by atoms with E-state index in [9.17, 15) is 22.4 Å². The van der Waals surface area contributed by atoms with Crippen molar-refractivity contribution in [1.29, 1.82) is 0 Å². The van der Waals surface area contributed by atoms with E-state index in [0.717, 1.165) is 0 Å². The summed E-state index contributed by atoms with van der Waals surface area (Å²) in [6.45, 7) is 5.54. The van der Waals surface area contributed by atoms with Crippen LogP contribution in [-0.4, -0.2) is 37.7 Å². The van der Waals surface area contributed by atoms with Crippen LogP contribution in [-0.2, 0) is 25.4 Å². The molecule has 0 aliphatic carbocycles. The number of halogens is 1. The first kappa shape index (κ1) is 19.4. The van der Waals surface area contributed by atoms with Gasteiger partial charge in [0.05, 0.1) is 5.75 Å². The van der Waals surface area contributed by atoms with Gasteiger partial charge in [0.1, 0.15) is 11.9 Å². The maximum atomic E-state index is 13.1. The minimum absolute atomic E-state index is 0.163. The Morgan fingerprint density at radius 3 is 2.64 bits per heavy atom. The normalized spacial score (nSPS) is 17.8. The molecule has 25 heavy (non-hydrogen) atoms. The van der Waals surface area contributed by atoms with E-state index >= 15 is 0 Å². The van der Waals surface area contributed by atoms with E-state index in [1.54, 1.807) is 20.8 Å². The van der Waals surface area contributed by atoms with Crippen LogP contribution in [0, 0.1) is 18.7 Å². The van der Waals surface area contributed by atoms with Gasteiger partial charge in [-0.2, -0.15) is 0 Å². The van der Waals surface area contributed by atoms with Crippen LogP contribution >= 0.6 is 0 Å². The van der Waals surface area contributed by atoms with Gasteiger partial charge in [-0.05, 0) is 43.0 Å². The Labute approximate surface area is 147 Å². The van der Waals surface area contributed by atoms with Gasteiger partial charge in [0.15, 0.2) is 0 Å². The molecule has 1 aromatic carbocycles. The lowest BCUT2D eigenvalue weighted by molar-refractivity contribution is -0.140. The maximum Gasteiger partial charge on any atom is 0.256 e. The summed E-state index contributed by atoms with van der Waals surface area (Å²) in [6.07, 6.45) is 1.10.